The molecule has 0 heterocycles. The third-order valence-corrected chi connectivity index (χ3v) is 2.29. The van der Waals surface area contributed by atoms with E-state index in [0.717, 1.165) is 24.7 Å². The molecule has 0 amide bonds. The van der Waals surface area contributed by atoms with E-state index in [1.54, 1.807) is 0 Å². The summed E-state index contributed by atoms with van der Waals surface area (Å²) in [5.74, 6) is 0. The molecule has 0 aliphatic rings. The van der Waals surface area contributed by atoms with Gasteiger partial charge in [-0.2, -0.15) is 0 Å². The molecule has 0 spiro atoms. The quantitative estimate of drug-likeness (QED) is 0.411. The minimum atomic E-state index is 0.774. The predicted octanol–water partition coefficient (Wildman–Crippen LogP) is 4.02. The number of hydrogen-bond donors (Lipinski definition) is 0. The van der Waals surface area contributed by atoms with Crippen LogP contribution in [0.1, 0.15) is 32.3 Å². The van der Waals surface area contributed by atoms with Crippen molar-refractivity contribution in [3.63, 3.8) is 0 Å². The third-order valence-electron chi connectivity index (χ3n) is 2.29. The van der Waals surface area contributed by atoms with E-state index in [9.17, 15) is 4.79 Å². The topological polar surface area (TPSA) is 17.1 Å². The molecule has 0 unspecified atom stereocenters. The van der Waals surface area contributed by atoms with Gasteiger partial charge in [0, 0.05) is 0 Å². The van der Waals surface area contributed by atoms with Crippen molar-refractivity contribution in [3.8, 4) is 0 Å². The molecule has 1 rings (SSSR count). The van der Waals surface area contributed by atoms with Gasteiger partial charge in [-0.25, -0.2) is 0 Å². The minimum absolute atomic E-state index is 0.774. The first kappa shape index (κ1) is 12.4. The van der Waals surface area contributed by atoms with Gasteiger partial charge in [0.15, 0.2) is 0 Å². The van der Waals surface area contributed by atoms with Gasteiger partial charge in [0.1, 0.15) is 6.29 Å². The van der Waals surface area contributed by atoms with Crippen LogP contribution in [0.25, 0.3) is 6.08 Å². The number of hydrogen-bond acceptors (Lipinski definition) is 1. The van der Waals surface area contributed by atoms with E-state index >= 15 is 0 Å². The van der Waals surface area contributed by atoms with Crippen LogP contribution in [-0.2, 0) is 4.79 Å². The smallest absolute Gasteiger partial charge is 0.145 e. The molecule has 0 saturated heterocycles. The normalized spacial score (nSPS) is 12.6. The lowest BCUT2D eigenvalue weighted by molar-refractivity contribution is -0.104. The molecular weight excluding hydrogens is 196 g/mol. The molecule has 0 aromatic heterocycles. The van der Waals surface area contributed by atoms with Crippen LogP contribution >= 0.6 is 0 Å². The van der Waals surface area contributed by atoms with E-state index in [2.05, 4.69) is 25.1 Å². The van der Waals surface area contributed by atoms with Crippen LogP contribution in [0, 0.1) is 0 Å². The Morgan fingerprint density at radius 1 is 1.25 bits per heavy atom. The van der Waals surface area contributed by atoms with Gasteiger partial charge in [-0.05, 0) is 30.1 Å². The van der Waals surface area contributed by atoms with Gasteiger partial charge in [-0.3, -0.25) is 4.79 Å². The highest BCUT2D eigenvalue weighted by Gasteiger charge is 1.95. The van der Waals surface area contributed by atoms with Crippen LogP contribution < -0.4 is 0 Å². The Bertz CT molecular complexity index is 385. The van der Waals surface area contributed by atoms with Crippen LogP contribution in [0.2, 0.25) is 0 Å². The third kappa shape index (κ3) is 4.26. The molecule has 0 saturated carbocycles. The lowest BCUT2D eigenvalue weighted by atomic mass is 10.0. The van der Waals surface area contributed by atoms with Crippen molar-refractivity contribution in [1.82, 2.24) is 0 Å². The molecule has 1 aromatic rings. The van der Waals surface area contributed by atoms with Crippen LogP contribution in [0.5, 0.6) is 0 Å². The maximum absolute atomic E-state index is 10.6. The molecule has 0 bridgehead atoms. The fourth-order valence-electron chi connectivity index (χ4n) is 1.56. The molecule has 0 radical (unpaired) electrons. The van der Waals surface area contributed by atoms with E-state index < -0.39 is 0 Å². The molecule has 16 heavy (non-hydrogen) atoms. The van der Waals surface area contributed by atoms with E-state index in [-0.39, 0.29) is 0 Å². The number of allylic oxidation sites excluding steroid dienone is 3. The summed E-state index contributed by atoms with van der Waals surface area (Å²) in [6.45, 7) is 3.98. The maximum atomic E-state index is 10.6. The van der Waals surface area contributed by atoms with Gasteiger partial charge < -0.3 is 0 Å². The second-order valence-corrected chi connectivity index (χ2v) is 3.89. The van der Waals surface area contributed by atoms with Crippen LogP contribution in [-0.4, -0.2) is 6.29 Å². The van der Waals surface area contributed by atoms with Gasteiger partial charge in [0.05, 0.1) is 0 Å². The SMILES string of the molecule is CCCC(/C=C(\C)C=O)=C\c1ccccc1. The number of benzene rings is 1. The van der Waals surface area contributed by atoms with Crippen molar-refractivity contribution < 1.29 is 4.79 Å². The first-order chi connectivity index (χ1) is 7.76. The van der Waals surface area contributed by atoms with Crippen molar-refractivity contribution in [3.05, 3.63) is 53.1 Å². The van der Waals surface area contributed by atoms with Crippen LogP contribution in [0.3, 0.4) is 0 Å². The number of carbonyl (C=O) groups excluding carboxylic acids is 1. The van der Waals surface area contributed by atoms with Crippen molar-refractivity contribution in [2.45, 2.75) is 26.7 Å². The Balaban J connectivity index is 2.93. The monoisotopic (exact) mass is 214 g/mol. The Kier molecular flexibility index (Phi) is 5.27. The van der Waals surface area contributed by atoms with Gasteiger partial charge in [-0.15, -0.1) is 0 Å². The van der Waals surface area contributed by atoms with Crippen molar-refractivity contribution in [1.29, 1.82) is 0 Å². The lowest BCUT2D eigenvalue weighted by Crippen LogP contribution is -1.83. The summed E-state index contributed by atoms with van der Waals surface area (Å²) in [5.41, 5.74) is 3.16. The average Bonchev–Trinajstić information content (AvgIpc) is 2.30. The Morgan fingerprint density at radius 3 is 2.50 bits per heavy atom. The summed E-state index contributed by atoms with van der Waals surface area (Å²) in [7, 11) is 0. The zero-order valence-electron chi connectivity index (χ0n) is 9.94. The van der Waals surface area contributed by atoms with Crippen LogP contribution in [0.15, 0.2) is 47.6 Å². The first-order valence-electron chi connectivity index (χ1n) is 5.65. The van der Waals surface area contributed by atoms with Gasteiger partial charge in [0.25, 0.3) is 0 Å². The van der Waals surface area contributed by atoms with Crippen molar-refractivity contribution >= 4 is 12.4 Å². The fourth-order valence-corrected chi connectivity index (χ4v) is 1.56. The summed E-state index contributed by atoms with van der Waals surface area (Å²) in [6, 6.07) is 10.2. The number of carbonyl (C=O) groups is 1. The second-order valence-electron chi connectivity index (χ2n) is 3.89. The highest BCUT2D eigenvalue weighted by atomic mass is 16.1. The molecule has 0 fully saturated rings. The standard InChI is InChI=1S/C15H18O/c1-3-7-15(10-13(2)12-16)11-14-8-5-4-6-9-14/h4-6,8-12H,3,7H2,1-2H3/b13-10+,15-11+. The Hall–Kier alpha value is -1.63. The lowest BCUT2D eigenvalue weighted by Gasteiger charge is -2.01. The highest BCUT2D eigenvalue weighted by molar-refractivity contribution is 5.74. The van der Waals surface area contributed by atoms with E-state index in [0.29, 0.717) is 0 Å². The Labute approximate surface area is 97.5 Å². The van der Waals surface area contributed by atoms with E-state index in [1.807, 2.05) is 31.2 Å². The molecular formula is C15H18O. The molecule has 0 N–H and O–H groups in total. The van der Waals surface area contributed by atoms with Crippen molar-refractivity contribution in [2.24, 2.45) is 0 Å². The van der Waals surface area contributed by atoms with Crippen molar-refractivity contribution in [2.75, 3.05) is 0 Å². The molecule has 0 aliphatic carbocycles. The van der Waals surface area contributed by atoms with E-state index in [4.69, 9.17) is 0 Å². The summed E-state index contributed by atoms with van der Waals surface area (Å²) >= 11 is 0. The number of rotatable bonds is 5. The molecule has 1 nitrogen and oxygen atoms in total. The average molecular weight is 214 g/mol. The fraction of sp³-hybridized carbons (Fsp3) is 0.267. The van der Waals surface area contributed by atoms with Gasteiger partial charge in [-0.1, -0.05) is 55.8 Å². The van der Waals surface area contributed by atoms with E-state index in [1.165, 1.54) is 11.1 Å². The summed E-state index contributed by atoms with van der Waals surface area (Å²) in [6.07, 6.45) is 7.08. The maximum Gasteiger partial charge on any atom is 0.145 e. The summed E-state index contributed by atoms with van der Waals surface area (Å²) < 4.78 is 0. The summed E-state index contributed by atoms with van der Waals surface area (Å²) in [4.78, 5) is 10.6. The minimum Gasteiger partial charge on any atom is -0.298 e. The first-order valence-corrected chi connectivity index (χ1v) is 5.65. The molecule has 1 aromatic carbocycles. The molecule has 1 heteroatoms. The van der Waals surface area contributed by atoms with Gasteiger partial charge in [0.2, 0.25) is 0 Å². The number of aldehydes is 1. The zero-order chi connectivity index (χ0) is 11.8. The molecule has 0 atom stereocenters. The molecule has 0 aliphatic heterocycles. The van der Waals surface area contributed by atoms with Gasteiger partial charge >= 0.3 is 0 Å². The second kappa shape index (κ2) is 6.78. The highest BCUT2D eigenvalue weighted by Crippen LogP contribution is 2.14. The Morgan fingerprint density at radius 2 is 1.94 bits per heavy atom. The molecule has 84 valence electrons. The zero-order valence-corrected chi connectivity index (χ0v) is 9.94. The summed E-state index contributed by atoms with van der Waals surface area (Å²) in [5, 5.41) is 0. The predicted molar refractivity (Wildman–Crippen MR) is 69.1 cm³/mol. The largest absolute Gasteiger partial charge is 0.298 e. The van der Waals surface area contributed by atoms with Crippen LogP contribution in [0.4, 0.5) is 0 Å².